The fraction of sp³-hybridized carbons (Fsp3) is 0.250. The molecule has 0 radical (unpaired) electrons. The van der Waals surface area contributed by atoms with Crippen LogP contribution in [0.2, 0.25) is 5.02 Å². The van der Waals surface area contributed by atoms with Crippen molar-refractivity contribution in [1.82, 2.24) is 14.9 Å². The molecule has 3 aromatic rings. The van der Waals surface area contributed by atoms with Crippen molar-refractivity contribution >= 4 is 35.1 Å². The zero-order valence-electron chi connectivity index (χ0n) is 13.1. The molecule has 0 aliphatic rings. The number of thioether (sulfide) groups is 2. The van der Waals surface area contributed by atoms with Crippen LogP contribution in [0.25, 0.3) is 11.4 Å². The Bertz CT molecular complexity index is 818. The molecule has 0 amide bonds. The number of hydrogen-bond donors (Lipinski definition) is 1. The second kappa shape index (κ2) is 8.00. The number of hydrogen-bond acceptors (Lipinski definition) is 6. The summed E-state index contributed by atoms with van der Waals surface area (Å²) in [7, 11) is 0. The molecule has 0 bridgehead atoms. The molecule has 2 aromatic heterocycles. The lowest BCUT2D eigenvalue weighted by Gasteiger charge is -2.04. The van der Waals surface area contributed by atoms with Gasteiger partial charge in [-0.1, -0.05) is 35.5 Å². The van der Waals surface area contributed by atoms with Crippen molar-refractivity contribution in [2.24, 2.45) is 0 Å². The summed E-state index contributed by atoms with van der Waals surface area (Å²) < 4.78 is 6.81. The fourth-order valence-corrected chi connectivity index (χ4v) is 4.31. The maximum absolute atomic E-state index is 6.15. The normalized spacial score (nSPS) is 11.1. The smallest absolute Gasteiger partial charge is 0.210 e. The molecular formula is C16H17ClN4OS2. The lowest BCUT2D eigenvalue weighted by atomic mass is 10.2. The number of benzene rings is 1. The summed E-state index contributed by atoms with van der Waals surface area (Å²) >= 11 is 9.50. The highest BCUT2D eigenvalue weighted by molar-refractivity contribution is 8.00. The molecule has 0 unspecified atom stereocenters. The Labute approximate surface area is 153 Å². The second-order valence-corrected chi connectivity index (χ2v) is 7.65. The predicted molar refractivity (Wildman–Crippen MR) is 100 cm³/mol. The summed E-state index contributed by atoms with van der Waals surface area (Å²) in [5.74, 6) is 9.40. The third kappa shape index (κ3) is 3.91. The first-order chi connectivity index (χ1) is 11.7. The Morgan fingerprint density at radius 3 is 2.71 bits per heavy atom. The molecule has 126 valence electrons. The van der Waals surface area contributed by atoms with Crippen LogP contribution in [0.5, 0.6) is 0 Å². The molecule has 0 saturated carbocycles. The summed E-state index contributed by atoms with van der Waals surface area (Å²) in [5, 5.41) is 9.83. The van der Waals surface area contributed by atoms with Gasteiger partial charge in [-0.05, 0) is 37.3 Å². The Kier molecular flexibility index (Phi) is 5.76. The first kappa shape index (κ1) is 17.3. The largest absolute Gasteiger partial charge is 0.469 e. The minimum Gasteiger partial charge on any atom is -0.469 e. The number of aryl methyl sites for hydroxylation is 1. The number of furan rings is 1. The average molecular weight is 381 g/mol. The quantitative estimate of drug-likeness (QED) is 0.370. The average Bonchev–Trinajstić information content (AvgIpc) is 3.15. The van der Waals surface area contributed by atoms with Crippen LogP contribution in [0.3, 0.4) is 0 Å². The minimum absolute atomic E-state index is 0.620. The number of nitrogens with zero attached hydrogens (tertiary/aromatic N) is 3. The van der Waals surface area contributed by atoms with Crippen molar-refractivity contribution < 1.29 is 4.42 Å². The Morgan fingerprint density at radius 2 is 1.96 bits per heavy atom. The van der Waals surface area contributed by atoms with Crippen LogP contribution in [-0.2, 0) is 0 Å². The molecule has 1 aromatic carbocycles. The summed E-state index contributed by atoms with van der Waals surface area (Å²) in [5.41, 5.74) is 0.867. The van der Waals surface area contributed by atoms with E-state index in [0.29, 0.717) is 11.0 Å². The van der Waals surface area contributed by atoms with Gasteiger partial charge in [0.25, 0.3) is 0 Å². The molecule has 2 heterocycles. The van der Waals surface area contributed by atoms with Crippen molar-refractivity contribution in [3.8, 4) is 11.4 Å². The van der Waals surface area contributed by atoms with Gasteiger partial charge in [0.05, 0.1) is 16.8 Å². The summed E-state index contributed by atoms with van der Waals surface area (Å²) in [6.45, 7) is 1.88. The third-order valence-corrected chi connectivity index (χ3v) is 6.01. The van der Waals surface area contributed by atoms with E-state index >= 15 is 0 Å². The first-order valence-corrected chi connectivity index (χ1v) is 9.77. The zero-order chi connectivity index (χ0) is 16.9. The number of nitrogen functional groups attached to an aromatic ring is 1. The van der Waals surface area contributed by atoms with Crippen molar-refractivity contribution in [1.29, 1.82) is 0 Å². The Balaban J connectivity index is 1.50. The summed E-state index contributed by atoms with van der Waals surface area (Å²) in [6, 6.07) is 9.73. The molecule has 3 rings (SSSR count). The van der Waals surface area contributed by atoms with E-state index in [1.54, 1.807) is 29.8 Å². The Hall–Kier alpha value is -1.57. The van der Waals surface area contributed by atoms with Crippen LogP contribution in [0.4, 0.5) is 0 Å². The van der Waals surface area contributed by atoms with Gasteiger partial charge in [0.2, 0.25) is 5.16 Å². The van der Waals surface area contributed by atoms with Gasteiger partial charge in [0.1, 0.15) is 5.76 Å². The van der Waals surface area contributed by atoms with Gasteiger partial charge >= 0.3 is 0 Å². The second-order valence-electron chi connectivity index (χ2n) is 5.05. The number of nitrogens with two attached hydrogens (primary N) is 1. The highest BCUT2D eigenvalue weighted by atomic mass is 35.5. The highest BCUT2D eigenvalue weighted by Gasteiger charge is 2.15. The van der Waals surface area contributed by atoms with Gasteiger partial charge in [-0.15, -0.1) is 22.0 Å². The number of rotatable bonds is 7. The molecule has 0 atom stereocenters. The van der Waals surface area contributed by atoms with E-state index in [-0.39, 0.29) is 0 Å². The van der Waals surface area contributed by atoms with Crippen LogP contribution in [0.1, 0.15) is 12.2 Å². The van der Waals surface area contributed by atoms with Gasteiger partial charge in [0.15, 0.2) is 5.82 Å². The molecule has 2 N–H and O–H groups in total. The van der Waals surface area contributed by atoms with Crippen LogP contribution in [0, 0.1) is 6.92 Å². The number of aromatic nitrogens is 3. The topological polar surface area (TPSA) is 69.9 Å². The molecule has 0 saturated heterocycles. The number of halogens is 1. The van der Waals surface area contributed by atoms with Crippen molar-refractivity contribution in [3.63, 3.8) is 0 Å². The van der Waals surface area contributed by atoms with Gasteiger partial charge in [0, 0.05) is 10.6 Å². The van der Waals surface area contributed by atoms with Crippen molar-refractivity contribution in [2.75, 3.05) is 17.3 Å². The molecule has 8 heteroatoms. The first-order valence-electron chi connectivity index (χ1n) is 7.42. The molecule has 0 fully saturated rings. The van der Waals surface area contributed by atoms with E-state index in [9.17, 15) is 0 Å². The van der Waals surface area contributed by atoms with Gasteiger partial charge in [-0.25, -0.2) is 4.68 Å². The van der Waals surface area contributed by atoms with Crippen LogP contribution in [-0.4, -0.2) is 26.4 Å². The van der Waals surface area contributed by atoms with E-state index in [0.717, 1.165) is 39.2 Å². The molecule has 0 aliphatic carbocycles. The van der Waals surface area contributed by atoms with E-state index < -0.39 is 0 Å². The Morgan fingerprint density at radius 1 is 1.17 bits per heavy atom. The lowest BCUT2D eigenvalue weighted by Crippen LogP contribution is -2.11. The fourth-order valence-electron chi connectivity index (χ4n) is 2.14. The van der Waals surface area contributed by atoms with E-state index in [1.165, 1.54) is 4.68 Å². The predicted octanol–water partition coefficient (Wildman–Crippen LogP) is 4.49. The lowest BCUT2D eigenvalue weighted by molar-refractivity contribution is 0.535. The van der Waals surface area contributed by atoms with Crippen LogP contribution >= 0.6 is 35.1 Å². The van der Waals surface area contributed by atoms with E-state index in [1.807, 2.05) is 37.3 Å². The third-order valence-electron chi connectivity index (χ3n) is 3.38. The molecule has 0 spiro atoms. The summed E-state index contributed by atoms with van der Waals surface area (Å²) in [4.78, 5) is 1.11. The maximum atomic E-state index is 6.15. The van der Waals surface area contributed by atoms with Crippen LogP contribution in [0.15, 0.2) is 51.1 Å². The van der Waals surface area contributed by atoms with Crippen molar-refractivity contribution in [2.45, 2.75) is 23.4 Å². The van der Waals surface area contributed by atoms with Crippen LogP contribution < -0.4 is 5.84 Å². The standard InChI is InChI=1S/C16H17ClN4OS2/c1-11-12(7-8-22-11)15-19-20-16(21(15)18)24-10-4-9-23-14-6-3-2-5-13(14)17/h2-3,5-8H,4,9-10,18H2,1H3. The monoisotopic (exact) mass is 380 g/mol. The zero-order valence-corrected chi connectivity index (χ0v) is 15.5. The highest BCUT2D eigenvalue weighted by Crippen LogP contribution is 2.28. The van der Waals surface area contributed by atoms with Gasteiger partial charge in [-0.3, -0.25) is 0 Å². The van der Waals surface area contributed by atoms with Gasteiger partial charge in [-0.2, -0.15) is 0 Å². The van der Waals surface area contributed by atoms with Gasteiger partial charge < -0.3 is 10.3 Å². The molecule has 0 aliphatic heterocycles. The van der Waals surface area contributed by atoms with E-state index in [2.05, 4.69) is 10.2 Å². The molecule has 5 nitrogen and oxygen atoms in total. The summed E-state index contributed by atoms with van der Waals surface area (Å²) in [6.07, 6.45) is 2.64. The SMILES string of the molecule is Cc1occc1-c1nnc(SCCCSc2ccccc2Cl)n1N. The minimum atomic E-state index is 0.620. The molecule has 24 heavy (non-hydrogen) atoms. The van der Waals surface area contributed by atoms with Crippen molar-refractivity contribution in [3.05, 3.63) is 47.4 Å². The molecular weight excluding hydrogens is 364 g/mol. The van der Waals surface area contributed by atoms with E-state index in [4.69, 9.17) is 21.9 Å². The maximum Gasteiger partial charge on any atom is 0.210 e.